The van der Waals surface area contributed by atoms with Gasteiger partial charge in [0.25, 0.3) is 0 Å². The summed E-state index contributed by atoms with van der Waals surface area (Å²) in [5.41, 5.74) is 2.52. The summed E-state index contributed by atoms with van der Waals surface area (Å²) in [6, 6.07) is 14.2. The van der Waals surface area contributed by atoms with E-state index in [0.29, 0.717) is 0 Å². The van der Waals surface area contributed by atoms with Crippen molar-refractivity contribution in [2.75, 3.05) is 0 Å². The lowest BCUT2D eigenvalue weighted by Gasteiger charge is -2.07. The molecule has 82 valence electrons. The van der Waals surface area contributed by atoms with Gasteiger partial charge in [0.15, 0.2) is 0 Å². The van der Waals surface area contributed by atoms with Crippen molar-refractivity contribution < 1.29 is 4.74 Å². The van der Waals surface area contributed by atoms with Crippen molar-refractivity contribution in [3.63, 3.8) is 0 Å². The maximum Gasteiger partial charge on any atom is 0.128 e. The Kier molecular flexibility index (Phi) is 3.49. The SMILES string of the molecule is Cc1ccc(Oc2ccc(C)c(I)c2)cc1. The molecule has 2 aromatic rings. The lowest BCUT2D eigenvalue weighted by molar-refractivity contribution is 0.482. The van der Waals surface area contributed by atoms with Crippen LogP contribution in [0.5, 0.6) is 11.5 Å². The van der Waals surface area contributed by atoms with Crippen LogP contribution < -0.4 is 4.74 Å². The molecule has 0 aliphatic rings. The third-order valence-electron chi connectivity index (χ3n) is 2.40. The molecular weight excluding hydrogens is 311 g/mol. The van der Waals surface area contributed by atoms with Crippen LogP contribution in [0.2, 0.25) is 0 Å². The first kappa shape index (κ1) is 11.5. The molecule has 0 saturated carbocycles. The number of rotatable bonds is 2. The molecule has 0 aromatic heterocycles. The number of aryl methyl sites for hydroxylation is 2. The van der Waals surface area contributed by atoms with Crippen LogP contribution in [0.25, 0.3) is 0 Å². The third kappa shape index (κ3) is 2.76. The molecule has 0 amide bonds. The van der Waals surface area contributed by atoms with E-state index < -0.39 is 0 Å². The van der Waals surface area contributed by atoms with Crippen LogP contribution in [-0.4, -0.2) is 0 Å². The van der Waals surface area contributed by atoms with Crippen molar-refractivity contribution >= 4 is 22.6 Å². The van der Waals surface area contributed by atoms with Crippen molar-refractivity contribution in [3.8, 4) is 11.5 Å². The zero-order valence-corrected chi connectivity index (χ0v) is 11.5. The van der Waals surface area contributed by atoms with Crippen LogP contribution in [0, 0.1) is 17.4 Å². The fourth-order valence-corrected chi connectivity index (χ4v) is 1.87. The number of benzene rings is 2. The largest absolute Gasteiger partial charge is 0.457 e. The van der Waals surface area contributed by atoms with Crippen LogP contribution >= 0.6 is 22.6 Å². The highest BCUT2D eigenvalue weighted by Crippen LogP contribution is 2.24. The quantitative estimate of drug-likeness (QED) is 0.728. The van der Waals surface area contributed by atoms with Crippen LogP contribution in [0.1, 0.15) is 11.1 Å². The fraction of sp³-hybridized carbons (Fsp3) is 0.143. The van der Waals surface area contributed by atoms with Gasteiger partial charge in [-0.3, -0.25) is 0 Å². The summed E-state index contributed by atoms with van der Waals surface area (Å²) in [6.45, 7) is 4.16. The molecule has 0 unspecified atom stereocenters. The van der Waals surface area contributed by atoms with Gasteiger partial charge in [-0.2, -0.15) is 0 Å². The van der Waals surface area contributed by atoms with E-state index in [2.05, 4.69) is 60.7 Å². The lowest BCUT2D eigenvalue weighted by Crippen LogP contribution is -1.86. The number of hydrogen-bond donors (Lipinski definition) is 0. The molecule has 1 nitrogen and oxygen atoms in total. The molecule has 16 heavy (non-hydrogen) atoms. The summed E-state index contributed by atoms with van der Waals surface area (Å²) in [6.07, 6.45) is 0. The predicted octanol–water partition coefficient (Wildman–Crippen LogP) is 4.70. The van der Waals surface area contributed by atoms with E-state index in [1.807, 2.05) is 18.2 Å². The summed E-state index contributed by atoms with van der Waals surface area (Å²) in [5.74, 6) is 1.77. The number of halogens is 1. The maximum atomic E-state index is 5.76. The van der Waals surface area contributed by atoms with Crippen molar-refractivity contribution in [1.82, 2.24) is 0 Å². The first-order valence-electron chi connectivity index (χ1n) is 5.16. The van der Waals surface area contributed by atoms with Gasteiger partial charge >= 0.3 is 0 Å². The second kappa shape index (κ2) is 4.87. The van der Waals surface area contributed by atoms with Crippen molar-refractivity contribution in [2.24, 2.45) is 0 Å². The normalized spacial score (nSPS) is 10.2. The van der Waals surface area contributed by atoms with E-state index >= 15 is 0 Å². The van der Waals surface area contributed by atoms with Crippen LogP contribution in [0.15, 0.2) is 42.5 Å². The van der Waals surface area contributed by atoms with Crippen LogP contribution in [-0.2, 0) is 0 Å². The monoisotopic (exact) mass is 324 g/mol. The van der Waals surface area contributed by atoms with Gasteiger partial charge in [0.1, 0.15) is 11.5 Å². The topological polar surface area (TPSA) is 9.23 Å². The van der Waals surface area contributed by atoms with E-state index in [1.165, 1.54) is 14.7 Å². The minimum atomic E-state index is 0.880. The van der Waals surface area contributed by atoms with Crippen LogP contribution in [0.4, 0.5) is 0 Å². The Hall–Kier alpha value is -1.03. The number of ether oxygens (including phenoxy) is 1. The Morgan fingerprint density at radius 2 is 1.50 bits per heavy atom. The Morgan fingerprint density at radius 1 is 0.875 bits per heavy atom. The van der Waals surface area contributed by atoms with E-state index in [1.54, 1.807) is 0 Å². The summed E-state index contributed by atoms with van der Waals surface area (Å²) in [5, 5.41) is 0. The molecule has 0 spiro atoms. The van der Waals surface area contributed by atoms with Crippen molar-refractivity contribution in [2.45, 2.75) is 13.8 Å². The molecule has 0 N–H and O–H groups in total. The van der Waals surface area contributed by atoms with Crippen molar-refractivity contribution in [1.29, 1.82) is 0 Å². The molecule has 0 bridgehead atoms. The molecule has 0 aliphatic carbocycles. The Labute approximate surface area is 110 Å². The molecule has 0 aliphatic heterocycles. The second-order valence-corrected chi connectivity index (χ2v) is 4.99. The molecule has 0 fully saturated rings. The Morgan fingerprint density at radius 3 is 2.12 bits per heavy atom. The van der Waals surface area contributed by atoms with E-state index in [0.717, 1.165) is 11.5 Å². The molecule has 0 saturated heterocycles. The lowest BCUT2D eigenvalue weighted by atomic mass is 10.2. The van der Waals surface area contributed by atoms with E-state index in [9.17, 15) is 0 Å². The molecule has 0 radical (unpaired) electrons. The van der Waals surface area contributed by atoms with E-state index in [-0.39, 0.29) is 0 Å². The second-order valence-electron chi connectivity index (χ2n) is 3.83. The molecule has 2 rings (SSSR count). The van der Waals surface area contributed by atoms with Gasteiger partial charge in [-0.25, -0.2) is 0 Å². The van der Waals surface area contributed by atoms with Gasteiger partial charge in [-0.1, -0.05) is 23.8 Å². The fourth-order valence-electron chi connectivity index (χ4n) is 1.38. The Bertz CT molecular complexity index is 489. The minimum absolute atomic E-state index is 0.880. The first-order chi connectivity index (χ1) is 7.65. The molecule has 2 aromatic carbocycles. The van der Waals surface area contributed by atoms with Crippen molar-refractivity contribution in [3.05, 3.63) is 57.2 Å². The maximum absolute atomic E-state index is 5.76. The number of hydrogen-bond acceptors (Lipinski definition) is 1. The summed E-state index contributed by atoms with van der Waals surface area (Å²) in [4.78, 5) is 0. The average molecular weight is 324 g/mol. The summed E-state index contributed by atoms with van der Waals surface area (Å²) in [7, 11) is 0. The van der Waals surface area contributed by atoms with Gasteiger partial charge in [0.05, 0.1) is 0 Å². The molecule has 2 heteroatoms. The van der Waals surface area contributed by atoms with Crippen LogP contribution in [0.3, 0.4) is 0 Å². The van der Waals surface area contributed by atoms with Gasteiger partial charge < -0.3 is 4.74 Å². The Balaban J connectivity index is 2.20. The standard InChI is InChI=1S/C14H13IO/c1-10-3-6-12(7-4-10)16-13-8-5-11(2)14(15)9-13/h3-9H,1-2H3. The predicted molar refractivity (Wildman–Crippen MR) is 75.1 cm³/mol. The highest BCUT2D eigenvalue weighted by atomic mass is 127. The zero-order chi connectivity index (χ0) is 11.5. The molecule has 0 atom stereocenters. The van der Waals surface area contributed by atoms with Gasteiger partial charge in [-0.05, 0) is 66.3 Å². The highest BCUT2D eigenvalue weighted by molar-refractivity contribution is 14.1. The zero-order valence-electron chi connectivity index (χ0n) is 9.33. The minimum Gasteiger partial charge on any atom is -0.457 e. The summed E-state index contributed by atoms with van der Waals surface area (Å²) < 4.78 is 6.99. The van der Waals surface area contributed by atoms with E-state index in [4.69, 9.17) is 4.74 Å². The van der Waals surface area contributed by atoms with Gasteiger partial charge in [-0.15, -0.1) is 0 Å². The van der Waals surface area contributed by atoms with Gasteiger partial charge in [0, 0.05) is 3.57 Å². The smallest absolute Gasteiger partial charge is 0.128 e. The average Bonchev–Trinajstić information content (AvgIpc) is 2.27. The first-order valence-corrected chi connectivity index (χ1v) is 6.24. The summed E-state index contributed by atoms with van der Waals surface area (Å²) >= 11 is 2.32. The van der Waals surface area contributed by atoms with Gasteiger partial charge in [0.2, 0.25) is 0 Å². The molecule has 0 heterocycles. The third-order valence-corrected chi connectivity index (χ3v) is 3.56. The molecular formula is C14H13IO. The highest BCUT2D eigenvalue weighted by Gasteiger charge is 1.99.